The number of likely N-dealkylation sites (tertiary alicyclic amines) is 1. The number of aliphatic carboxylic acids is 1. The van der Waals surface area contributed by atoms with Crippen LogP contribution < -0.4 is 0 Å². The van der Waals surface area contributed by atoms with Gasteiger partial charge in [-0.3, -0.25) is 4.79 Å². The normalized spacial score (nSPS) is 22.4. The van der Waals surface area contributed by atoms with E-state index in [1.165, 1.54) is 16.2 Å². The zero-order valence-corrected chi connectivity index (χ0v) is 11.3. The topological polar surface area (TPSA) is 77.8 Å². The van der Waals surface area contributed by atoms with E-state index in [2.05, 4.69) is 0 Å². The lowest BCUT2D eigenvalue weighted by Gasteiger charge is -2.20. The van der Waals surface area contributed by atoms with Gasteiger partial charge in [0.1, 0.15) is 6.04 Å². The smallest absolute Gasteiger partial charge is 0.326 e. The molecule has 0 unspecified atom stereocenters. The van der Waals surface area contributed by atoms with E-state index in [9.17, 15) is 14.7 Å². The largest absolute Gasteiger partial charge is 0.480 e. The number of thiophene rings is 1. The van der Waals surface area contributed by atoms with E-state index in [-0.39, 0.29) is 18.9 Å². The number of β-amino-alcohol motifs (C(OH)–C–C–N with tert-alkyl or cyclic N) is 1. The molecule has 0 radical (unpaired) electrons. The highest BCUT2D eigenvalue weighted by atomic mass is 32.1. The van der Waals surface area contributed by atoms with Crippen LogP contribution in [0.2, 0.25) is 0 Å². The second kappa shape index (κ2) is 4.88. The van der Waals surface area contributed by atoms with Crippen molar-refractivity contribution >= 4 is 33.3 Å². The molecule has 1 aromatic heterocycles. The van der Waals surface area contributed by atoms with Crippen LogP contribution in [-0.2, 0) is 4.79 Å². The fourth-order valence-corrected chi connectivity index (χ4v) is 3.52. The molecule has 0 saturated carbocycles. The molecule has 2 aromatic rings. The Bertz CT molecular complexity index is 648. The van der Waals surface area contributed by atoms with Crippen LogP contribution in [-0.4, -0.2) is 45.7 Å². The average molecular weight is 291 g/mol. The van der Waals surface area contributed by atoms with Crippen LogP contribution in [0.25, 0.3) is 10.1 Å². The zero-order chi connectivity index (χ0) is 14.3. The molecule has 1 fully saturated rings. The van der Waals surface area contributed by atoms with Crippen LogP contribution in [0.4, 0.5) is 0 Å². The molecule has 1 aliphatic heterocycles. The molecule has 1 amide bonds. The Balaban J connectivity index is 1.93. The maximum Gasteiger partial charge on any atom is 0.326 e. The number of hydrogen-bond acceptors (Lipinski definition) is 4. The fourth-order valence-electron chi connectivity index (χ4n) is 2.50. The Hall–Kier alpha value is -1.92. The number of amides is 1. The van der Waals surface area contributed by atoms with Gasteiger partial charge in [0.05, 0.1) is 11.0 Å². The SMILES string of the molecule is O=C(O)[C@@H]1C[C@H](O)CN1C(=O)c1cc2ccccc2s1. The first kappa shape index (κ1) is 13.1. The second-order valence-electron chi connectivity index (χ2n) is 4.85. The summed E-state index contributed by atoms with van der Waals surface area (Å²) in [5, 5.41) is 19.7. The number of nitrogens with zero attached hydrogens (tertiary/aromatic N) is 1. The van der Waals surface area contributed by atoms with Crippen molar-refractivity contribution in [3.05, 3.63) is 35.2 Å². The van der Waals surface area contributed by atoms with Gasteiger partial charge in [-0.05, 0) is 17.5 Å². The third-order valence-corrected chi connectivity index (χ3v) is 4.57. The predicted molar refractivity (Wildman–Crippen MR) is 74.9 cm³/mol. The molecule has 3 rings (SSSR count). The van der Waals surface area contributed by atoms with E-state index < -0.39 is 18.1 Å². The molecule has 2 atom stereocenters. The average Bonchev–Trinajstić information content (AvgIpc) is 3.01. The Morgan fingerprint density at radius 1 is 1.30 bits per heavy atom. The second-order valence-corrected chi connectivity index (χ2v) is 5.93. The highest BCUT2D eigenvalue weighted by molar-refractivity contribution is 7.20. The lowest BCUT2D eigenvalue weighted by Crippen LogP contribution is -2.40. The highest BCUT2D eigenvalue weighted by Crippen LogP contribution is 2.29. The molecule has 1 aromatic carbocycles. The van der Waals surface area contributed by atoms with Gasteiger partial charge in [0.15, 0.2) is 0 Å². The van der Waals surface area contributed by atoms with E-state index >= 15 is 0 Å². The van der Waals surface area contributed by atoms with Crippen molar-refractivity contribution in [2.45, 2.75) is 18.6 Å². The van der Waals surface area contributed by atoms with Crippen LogP contribution >= 0.6 is 11.3 Å². The van der Waals surface area contributed by atoms with Gasteiger partial charge in [0.2, 0.25) is 0 Å². The molecule has 1 aliphatic rings. The van der Waals surface area contributed by atoms with Crippen LogP contribution in [0, 0.1) is 0 Å². The molecular weight excluding hydrogens is 278 g/mol. The molecule has 0 spiro atoms. The first-order valence-corrected chi connectivity index (χ1v) is 7.08. The van der Waals surface area contributed by atoms with E-state index in [1.54, 1.807) is 6.07 Å². The van der Waals surface area contributed by atoms with Gasteiger partial charge < -0.3 is 15.1 Å². The molecule has 1 saturated heterocycles. The molecule has 20 heavy (non-hydrogen) atoms. The molecule has 5 nitrogen and oxygen atoms in total. The van der Waals surface area contributed by atoms with Crippen molar-refractivity contribution in [2.75, 3.05) is 6.54 Å². The van der Waals surface area contributed by atoms with Crippen molar-refractivity contribution in [1.29, 1.82) is 0 Å². The number of carbonyl (C=O) groups excluding carboxylic acids is 1. The van der Waals surface area contributed by atoms with Gasteiger partial charge >= 0.3 is 5.97 Å². The summed E-state index contributed by atoms with van der Waals surface area (Å²) in [4.78, 5) is 25.4. The summed E-state index contributed by atoms with van der Waals surface area (Å²) >= 11 is 1.34. The molecule has 0 aliphatic carbocycles. The Morgan fingerprint density at radius 3 is 2.75 bits per heavy atom. The minimum atomic E-state index is -1.07. The third-order valence-electron chi connectivity index (χ3n) is 3.46. The molecular formula is C14H13NO4S. The van der Waals surface area contributed by atoms with Crippen molar-refractivity contribution in [3.8, 4) is 0 Å². The molecule has 0 bridgehead atoms. The summed E-state index contributed by atoms with van der Waals surface area (Å²) in [5.41, 5.74) is 0. The fraction of sp³-hybridized carbons (Fsp3) is 0.286. The lowest BCUT2D eigenvalue weighted by atomic mass is 10.2. The maximum atomic E-state index is 12.4. The summed E-state index contributed by atoms with van der Waals surface area (Å²) in [7, 11) is 0. The van der Waals surface area contributed by atoms with E-state index in [0.717, 1.165) is 10.1 Å². The number of hydrogen-bond donors (Lipinski definition) is 2. The standard InChI is InChI=1S/C14H13NO4S/c16-9-6-10(14(18)19)15(7-9)13(17)12-5-8-3-1-2-4-11(8)20-12/h1-5,9-10,16H,6-7H2,(H,18,19)/t9-,10-/m0/s1. The summed E-state index contributed by atoms with van der Waals surface area (Å²) in [5.74, 6) is -1.40. The summed E-state index contributed by atoms with van der Waals surface area (Å²) in [6, 6.07) is 8.45. The number of rotatable bonds is 2. The maximum absolute atomic E-state index is 12.4. The van der Waals surface area contributed by atoms with Gasteiger partial charge in [0.25, 0.3) is 5.91 Å². The number of aliphatic hydroxyl groups excluding tert-OH is 1. The number of carbonyl (C=O) groups is 2. The van der Waals surface area contributed by atoms with Gasteiger partial charge in [-0.2, -0.15) is 0 Å². The van der Waals surface area contributed by atoms with Crippen molar-refractivity contribution < 1.29 is 19.8 Å². The number of carboxylic acids is 1. The number of benzene rings is 1. The van der Waals surface area contributed by atoms with Crippen LogP contribution in [0.15, 0.2) is 30.3 Å². The minimum absolute atomic E-state index is 0.0735. The number of aliphatic hydroxyl groups is 1. The van der Waals surface area contributed by atoms with Gasteiger partial charge in [-0.15, -0.1) is 11.3 Å². The Morgan fingerprint density at radius 2 is 2.05 bits per heavy atom. The third kappa shape index (κ3) is 2.17. The molecule has 2 heterocycles. The van der Waals surface area contributed by atoms with Crippen molar-refractivity contribution in [3.63, 3.8) is 0 Å². The summed E-state index contributed by atoms with van der Waals surface area (Å²) in [6.45, 7) is 0.0735. The number of carboxylic acid groups (broad SMARTS) is 1. The van der Waals surface area contributed by atoms with Gasteiger partial charge in [-0.25, -0.2) is 4.79 Å². The van der Waals surface area contributed by atoms with Gasteiger partial charge in [0, 0.05) is 17.7 Å². The molecule has 6 heteroatoms. The highest BCUT2D eigenvalue weighted by Gasteiger charge is 2.39. The Labute approximate surface area is 119 Å². The first-order chi connectivity index (χ1) is 9.56. The van der Waals surface area contributed by atoms with Crippen LogP contribution in [0.5, 0.6) is 0 Å². The van der Waals surface area contributed by atoms with Crippen molar-refractivity contribution in [1.82, 2.24) is 4.90 Å². The van der Waals surface area contributed by atoms with E-state index in [0.29, 0.717) is 4.88 Å². The summed E-state index contributed by atoms with van der Waals surface area (Å²) < 4.78 is 0.988. The number of fused-ring (bicyclic) bond motifs is 1. The zero-order valence-electron chi connectivity index (χ0n) is 10.5. The van der Waals surface area contributed by atoms with Crippen molar-refractivity contribution in [2.24, 2.45) is 0 Å². The van der Waals surface area contributed by atoms with Crippen LogP contribution in [0.1, 0.15) is 16.1 Å². The van der Waals surface area contributed by atoms with E-state index in [1.807, 2.05) is 24.3 Å². The summed E-state index contributed by atoms with van der Waals surface area (Å²) in [6.07, 6.45) is -0.680. The predicted octanol–water partition coefficient (Wildman–Crippen LogP) is 1.56. The minimum Gasteiger partial charge on any atom is -0.480 e. The van der Waals surface area contributed by atoms with E-state index in [4.69, 9.17) is 5.11 Å². The Kier molecular flexibility index (Phi) is 3.19. The molecule has 2 N–H and O–H groups in total. The lowest BCUT2D eigenvalue weighted by molar-refractivity contribution is -0.141. The van der Waals surface area contributed by atoms with Gasteiger partial charge in [-0.1, -0.05) is 18.2 Å². The molecule has 104 valence electrons. The first-order valence-electron chi connectivity index (χ1n) is 6.26. The quantitative estimate of drug-likeness (QED) is 0.880. The van der Waals surface area contributed by atoms with Crippen LogP contribution in [0.3, 0.4) is 0 Å². The monoisotopic (exact) mass is 291 g/mol.